The molecule has 3 aromatic rings. The van der Waals surface area contributed by atoms with Crippen molar-refractivity contribution in [2.45, 2.75) is 6.92 Å². The first-order valence-electron chi connectivity index (χ1n) is 7.11. The van der Waals surface area contributed by atoms with Gasteiger partial charge in [0.1, 0.15) is 0 Å². The van der Waals surface area contributed by atoms with Gasteiger partial charge in [-0.2, -0.15) is 0 Å². The number of allylic oxidation sites excluding steroid dienone is 1. The molecule has 0 bridgehead atoms. The van der Waals surface area contributed by atoms with Crippen LogP contribution in [0.25, 0.3) is 17.0 Å². The van der Waals surface area contributed by atoms with E-state index >= 15 is 0 Å². The molecule has 0 saturated carbocycles. The van der Waals surface area contributed by atoms with Gasteiger partial charge in [0.2, 0.25) is 11.5 Å². The third-order valence-electron chi connectivity index (χ3n) is 3.95. The van der Waals surface area contributed by atoms with E-state index in [2.05, 4.69) is 4.98 Å². The number of carbonyl (C=O) groups is 1. The van der Waals surface area contributed by atoms with Gasteiger partial charge in [-0.1, -0.05) is 11.6 Å². The number of aromatic hydroxyl groups is 2. The molecule has 0 fully saturated rings. The van der Waals surface area contributed by atoms with E-state index in [0.717, 1.165) is 22.0 Å². The molecule has 0 unspecified atom stereocenters. The van der Waals surface area contributed by atoms with Crippen molar-refractivity contribution in [1.82, 2.24) is 4.98 Å². The Bertz CT molecular complexity index is 998. The summed E-state index contributed by atoms with van der Waals surface area (Å²) in [6.45, 7) is 2.00. The number of aryl methyl sites for hydroxylation is 1. The highest BCUT2D eigenvalue weighted by Gasteiger charge is 2.31. The van der Waals surface area contributed by atoms with E-state index in [4.69, 9.17) is 4.74 Å². The molecule has 1 aromatic heterocycles. The lowest BCUT2D eigenvalue weighted by Crippen LogP contribution is -1.97. The summed E-state index contributed by atoms with van der Waals surface area (Å²) in [5.41, 5.74) is 3.14. The Morgan fingerprint density at radius 3 is 2.83 bits per heavy atom. The fourth-order valence-corrected chi connectivity index (χ4v) is 2.74. The molecule has 0 atom stereocenters. The number of hydrogen-bond donors (Lipinski definition) is 3. The van der Waals surface area contributed by atoms with Crippen LogP contribution in [0.2, 0.25) is 0 Å². The molecule has 5 nitrogen and oxygen atoms in total. The zero-order valence-electron chi connectivity index (χ0n) is 12.3. The average molecular weight is 307 g/mol. The van der Waals surface area contributed by atoms with E-state index in [0.29, 0.717) is 0 Å². The normalized spacial score (nSPS) is 15.2. The number of benzene rings is 2. The van der Waals surface area contributed by atoms with Crippen LogP contribution in [0, 0.1) is 6.92 Å². The lowest BCUT2D eigenvalue weighted by molar-refractivity contribution is 0.101. The monoisotopic (exact) mass is 307 g/mol. The van der Waals surface area contributed by atoms with E-state index in [1.54, 1.807) is 12.3 Å². The Labute approximate surface area is 131 Å². The summed E-state index contributed by atoms with van der Waals surface area (Å²) in [5, 5.41) is 20.3. The maximum absolute atomic E-state index is 12.4. The number of fused-ring (bicyclic) bond motifs is 2. The van der Waals surface area contributed by atoms with Crippen LogP contribution in [0.15, 0.2) is 42.3 Å². The van der Waals surface area contributed by atoms with Gasteiger partial charge in [-0.3, -0.25) is 4.79 Å². The fourth-order valence-electron chi connectivity index (χ4n) is 2.74. The number of rotatable bonds is 1. The minimum Gasteiger partial charge on any atom is -0.504 e. The molecule has 2 aromatic carbocycles. The van der Waals surface area contributed by atoms with Crippen molar-refractivity contribution in [1.29, 1.82) is 0 Å². The second-order valence-corrected chi connectivity index (χ2v) is 5.54. The Morgan fingerprint density at radius 2 is 2.00 bits per heavy atom. The van der Waals surface area contributed by atoms with Crippen LogP contribution in [0.5, 0.6) is 17.2 Å². The Hall–Kier alpha value is -3.21. The van der Waals surface area contributed by atoms with Gasteiger partial charge in [0, 0.05) is 22.7 Å². The smallest absolute Gasteiger partial charge is 0.232 e. The van der Waals surface area contributed by atoms with Crippen molar-refractivity contribution in [3.63, 3.8) is 0 Å². The summed E-state index contributed by atoms with van der Waals surface area (Å²) in [6, 6.07) is 8.71. The summed E-state index contributed by atoms with van der Waals surface area (Å²) >= 11 is 0. The molecule has 23 heavy (non-hydrogen) atoms. The fraction of sp³-hybridized carbons (Fsp3) is 0.0556. The molecule has 5 heteroatoms. The number of hydrogen-bond acceptors (Lipinski definition) is 4. The van der Waals surface area contributed by atoms with Gasteiger partial charge in [-0.25, -0.2) is 0 Å². The minimum absolute atomic E-state index is 0.00253. The third-order valence-corrected chi connectivity index (χ3v) is 3.95. The largest absolute Gasteiger partial charge is 0.504 e. The summed E-state index contributed by atoms with van der Waals surface area (Å²) in [5.74, 6) is -0.951. The Morgan fingerprint density at radius 1 is 1.17 bits per heavy atom. The van der Waals surface area contributed by atoms with Crippen LogP contribution < -0.4 is 4.74 Å². The van der Waals surface area contributed by atoms with E-state index in [1.807, 2.05) is 25.1 Å². The molecular formula is C18H13NO4. The van der Waals surface area contributed by atoms with Crippen LogP contribution >= 0.6 is 0 Å². The molecule has 4 rings (SSSR count). The second-order valence-electron chi connectivity index (χ2n) is 5.54. The van der Waals surface area contributed by atoms with Gasteiger partial charge in [0.25, 0.3) is 0 Å². The van der Waals surface area contributed by atoms with Crippen LogP contribution in [0.1, 0.15) is 21.5 Å². The molecule has 1 aliphatic heterocycles. The first-order chi connectivity index (χ1) is 11.0. The van der Waals surface area contributed by atoms with E-state index in [1.165, 1.54) is 12.1 Å². The first kappa shape index (κ1) is 13.5. The molecule has 0 aliphatic carbocycles. The molecule has 0 saturated heterocycles. The summed E-state index contributed by atoms with van der Waals surface area (Å²) in [6.07, 6.45) is 3.44. The standard InChI is InChI=1S/C18H13NO4/c1-9-2-4-13-12(6-9)10(8-19-13)7-15-16(21)11-3-5-14(20)17(22)18(11)23-15/h2-8,19-20,22H,1H3. The van der Waals surface area contributed by atoms with Crippen LogP contribution in [-0.2, 0) is 0 Å². The van der Waals surface area contributed by atoms with Crippen molar-refractivity contribution >= 4 is 22.8 Å². The number of phenols is 2. The molecule has 2 heterocycles. The molecule has 0 spiro atoms. The SMILES string of the molecule is Cc1ccc2[nH]cc(C=C3Oc4c(ccc(O)c4O)C3=O)c2c1. The van der Waals surface area contributed by atoms with E-state index in [-0.39, 0.29) is 28.6 Å². The maximum Gasteiger partial charge on any atom is 0.232 e. The van der Waals surface area contributed by atoms with Crippen molar-refractivity contribution in [3.8, 4) is 17.2 Å². The van der Waals surface area contributed by atoms with Gasteiger partial charge >= 0.3 is 0 Å². The minimum atomic E-state index is -0.422. The molecule has 3 N–H and O–H groups in total. The maximum atomic E-state index is 12.4. The predicted molar refractivity (Wildman–Crippen MR) is 85.7 cm³/mol. The molecule has 1 aliphatic rings. The van der Waals surface area contributed by atoms with E-state index < -0.39 is 5.75 Å². The highest BCUT2D eigenvalue weighted by Crippen LogP contribution is 2.44. The topological polar surface area (TPSA) is 82.6 Å². The Balaban J connectivity index is 1.82. The number of H-pyrrole nitrogens is 1. The van der Waals surface area contributed by atoms with Gasteiger partial charge in [-0.15, -0.1) is 0 Å². The average Bonchev–Trinajstić information content (AvgIpc) is 3.06. The van der Waals surface area contributed by atoms with Crippen molar-refractivity contribution in [2.75, 3.05) is 0 Å². The number of Topliss-reactive ketones (excluding diaryl/α,β-unsaturated/α-hetero) is 1. The quantitative estimate of drug-likeness (QED) is 0.474. The van der Waals surface area contributed by atoms with Crippen LogP contribution in [-0.4, -0.2) is 21.0 Å². The lowest BCUT2D eigenvalue weighted by atomic mass is 10.1. The third kappa shape index (κ3) is 1.97. The van der Waals surface area contributed by atoms with Crippen molar-refractivity contribution in [3.05, 3.63) is 59.0 Å². The number of aromatic nitrogens is 1. The van der Waals surface area contributed by atoms with Crippen molar-refractivity contribution < 1.29 is 19.7 Å². The molecule has 114 valence electrons. The summed E-state index contributed by atoms with van der Waals surface area (Å²) < 4.78 is 5.47. The zero-order chi connectivity index (χ0) is 16.1. The highest BCUT2D eigenvalue weighted by molar-refractivity contribution is 6.15. The van der Waals surface area contributed by atoms with Gasteiger partial charge < -0.3 is 19.9 Å². The second kappa shape index (κ2) is 4.64. The number of nitrogens with one attached hydrogen (secondary N) is 1. The zero-order valence-corrected chi connectivity index (χ0v) is 12.3. The van der Waals surface area contributed by atoms with Crippen molar-refractivity contribution in [2.24, 2.45) is 0 Å². The predicted octanol–water partition coefficient (Wildman–Crippen LogP) is 3.50. The summed E-state index contributed by atoms with van der Waals surface area (Å²) in [4.78, 5) is 15.5. The number of ketones is 1. The first-order valence-corrected chi connectivity index (χ1v) is 7.11. The molecule has 0 amide bonds. The lowest BCUT2D eigenvalue weighted by Gasteiger charge is -2.02. The van der Waals surface area contributed by atoms with Gasteiger partial charge in [0.15, 0.2) is 17.3 Å². The van der Waals surface area contributed by atoms with Crippen LogP contribution in [0.3, 0.4) is 0 Å². The highest BCUT2D eigenvalue weighted by atomic mass is 16.5. The number of carbonyl (C=O) groups excluding carboxylic acids is 1. The van der Waals surface area contributed by atoms with Gasteiger partial charge in [0.05, 0.1) is 5.56 Å². The molecular weight excluding hydrogens is 294 g/mol. The van der Waals surface area contributed by atoms with E-state index in [9.17, 15) is 15.0 Å². The van der Waals surface area contributed by atoms with Gasteiger partial charge in [-0.05, 0) is 37.3 Å². The molecule has 0 radical (unpaired) electrons. The number of phenolic OH excluding ortho intramolecular Hbond substituents is 2. The number of aromatic amines is 1. The number of ether oxygens (including phenoxy) is 1. The Kier molecular flexibility index (Phi) is 2.72. The summed E-state index contributed by atoms with van der Waals surface area (Å²) in [7, 11) is 0. The van der Waals surface area contributed by atoms with Crippen LogP contribution in [0.4, 0.5) is 0 Å².